The smallest absolute Gasteiger partial charge is 0.262 e. The van der Waals surface area contributed by atoms with Gasteiger partial charge in [-0.3, -0.25) is 19.5 Å². The molecule has 1 atom stereocenters. The van der Waals surface area contributed by atoms with Crippen molar-refractivity contribution >= 4 is 38.7 Å². The molecule has 6 nitrogen and oxygen atoms in total. The number of nitrogens with one attached hydrogen (secondary N) is 1. The van der Waals surface area contributed by atoms with Crippen molar-refractivity contribution < 1.29 is 9.53 Å². The molecule has 0 saturated carbocycles. The number of hydrogen-bond donors (Lipinski definition) is 1. The minimum atomic E-state index is -0.307. The lowest BCUT2D eigenvalue weighted by atomic mass is 10.2. The first kappa shape index (κ1) is 17.9. The van der Waals surface area contributed by atoms with Crippen molar-refractivity contribution in [2.75, 3.05) is 11.9 Å². The highest BCUT2D eigenvalue weighted by molar-refractivity contribution is 9.10. The third-order valence-corrected chi connectivity index (χ3v) is 5.08. The zero-order valence-electron chi connectivity index (χ0n) is 14.5. The molecule has 2 aromatic carbocycles. The number of benzene rings is 2. The van der Waals surface area contributed by atoms with Gasteiger partial charge in [-0.2, -0.15) is 0 Å². The van der Waals surface area contributed by atoms with Gasteiger partial charge in [0.25, 0.3) is 11.5 Å². The van der Waals surface area contributed by atoms with E-state index in [0.717, 1.165) is 17.3 Å². The summed E-state index contributed by atoms with van der Waals surface area (Å²) in [7, 11) is 0. The van der Waals surface area contributed by atoms with Crippen LogP contribution in [-0.4, -0.2) is 28.2 Å². The fraction of sp³-hybridized carbons (Fsp3) is 0.250. The highest BCUT2D eigenvalue weighted by atomic mass is 79.9. The lowest BCUT2D eigenvalue weighted by Crippen LogP contribution is -2.31. The summed E-state index contributed by atoms with van der Waals surface area (Å²) < 4.78 is 8.01. The highest BCUT2D eigenvalue weighted by Gasteiger charge is 2.21. The Hall–Kier alpha value is -2.51. The molecular weight excluding hydrogens is 410 g/mol. The van der Waals surface area contributed by atoms with E-state index in [1.807, 2.05) is 12.1 Å². The maximum Gasteiger partial charge on any atom is 0.262 e. The van der Waals surface area contributed by atoms with E-state index in [2.05, 4.69) is 26.2 Å². The molecule has 3 aromatic rings. The molecule has 7 heteroatoms. The second-order valence-corrected chi connectivity index (χ2v) is 7.38. The third kappa shape index (κ3) is 3.79. The maximum absolute atomic E-state index is 13.1. The second-order valence-electron chi connectivity index (χ2n) is 6.47. The van der Waals surface area contributed by atoms with Gasteiger partial charge in [0.2, 0.25) is 5.95 Å². The predicted octanol–water partition coefficient (Wildman–Crippen LogP) is 3.59. The van der Waals surface area contributed by atoms with Crippen LogP contribution in [0.4, 0.5) is 5.95 Å². The second kappa shape index (κ2) is 7.62. The SMILES string of the molecule is O=C(Nc1nc2cc(Br)ccc2c(=O)n1CC1CCCO1)c1ccccc1. The molecular formula is C20H18BrN3O3. The minimum Gasteiger partial charge on any atom is -0.376 e. The Morgan fingerprint density at radius 1 is 1.26 bits per heavy atom. The first-order chi connectivity index (χ1) is 13.1. The number of nitrogens with zero attached hydrogens (tertiary/aromatic N) is 2. The van der Waals surface area contributed by atoms with Crippen molar-refractivity contribution in [1.82, 2.24) is 9.55 Å². The van der Waals surface area contributed by atoms with Crippen LogP contribution < -0.4 is 10.9 Å². The van der Waals surface area contributed by atoms with Crippen LogP contribution in [0, 0.1) is 0 Å². The van der Waals surface area contributed by atoms with E-state index >= 15 is 0 Å². The van der Waals surface area contributed by atoms with Crippen LogP contribution in [0.15, 0.2) is 57.8 Å². The Balaban J connectivity index is 1.78. The summed E-state index contributed by atoms with van der Waals surface area (Å²) in [6.45, 7) is 1.06. The fourth-order valence-electron chi connectivity index (χ4n) is 3.21. The number of hydrogen-bond acceptors (Lipinski definition) is 4. The molecule has 1 fully saturated rings. The van der Waals surface area contributed by atoms with E-state index in [1.54, 1.807) is 36.4 Å². The summed E-state index contributed by atoms with van der Waals surface area (Å²) in [5.74, 6) is -0.0760. The summed E-state index contributed by atoms with van der Waals surface area (Å²) in [4.78, 5) is 30.2. The quantitative estimate of drug-likeness (QED) is 0.690. The summed E-state index contributed by atoms with van der Waals surface area (Å²) in [6, 6.07) is 14.2. The first-order valence-corrected chi connectivity index (χ1v) is 9.59. The van der Waals surface area contributed by atoms with Crippen molar-refractivity contribution in [1.29, 1.82) is 0 Å². The van der Waals surface area contributed by atoms with E-state index in [-0.39, 0.29) is 23.5 Å². The largest absolute Gasteiger partial charge is 0.376 e. The number of aromatic nitrogens is 2. The van der Waals surface area contributed by atoms with Gasteiger partial charge in [0.1, 0.15) is 0 Å². The van der Waals surface area contributed by atoms with Gasteiger partial charge in [-0.05, 0) is 43.2 Å². The van der Waals surface area contributed by atoms with Crippen molar-refractivity contribution in [2.45, 2.75) is 25.5 Å². The number of carbonyl (C=O) groups excluding carboxylic acids is 1. The van der Waals surface area contributed by atoms with Gasteiger partial charge in [0.15, 0.2) is 0 Å². The van der Waals surface area contributed by atoms with Crippen LogP contribution in [-0.2, 0) is 11.3 Å². The number of carbonyl (C=O) groups is 1. The molecule has 0 aliphatic carbocycles. The molecule has 1 amide bonds. The predicted molar refractivity (Wildman–Crippen MR) is 107 cm³/mol. The van der Waals surface area contributed by atoms with Gasteiger partial charge in [-0.1, -0.05) is 34.1 Å². The molecule has 138 valence electrons. The van der Waals surface area contributed by atoms with Gasteiger partial charge in [-0.25, -0.2) is 4.98 Å². The van der Waals surface area contributed by atoms with Crippen LogP contribution in [0.3, 0.4) is 0 Å². The van der Waals surface area contributed by atoms with Crippen molar-refractivity contribution in [3.8, 4) is 0 Å². The molecule has 1 N–H and O–H groups in total. The molecule has 2 heterocycles. The van der Waals surface area contributed by atoms with Crippen LogP contribution in [0.5, 0.6) is 0 Å². The van der Waals surface area contributed by atoms with Crippen LogP contribution in [0.1, 0.15) is 23.2 Å². The van der Waals surface area contributed by atoms with Crippen LogP contribution in [0.2, 0.25) is 0 Å². The van der Waals surface area contributed by atoms with Crippen molar-refractivity contribution in [2.24, 2.45) is 0 Å². The lowest BCUT2D eigenvalue weighted by molar-refractivity contribution is 0.0956. The molecule has 1 aromatic heterocycles. The average molecular weight is 428 g/mol. The van der Waals surface area contributed by atoms with Gasteiger partial charge < -0.3 is 4.74 Å². The standard InChI is InChI=1S/C20H18BrN3O3/c21-14-8-9-16-17(11-14)22-20(23-18(25)13-5-2-1-3-6-13)24(19(16)26)12-15-7-4-10-27-15/h1-3,5-6,8-9,11,15H,4,7,10,12H2,(H,22,23,25). The molecule has 0 spiro atoms. The topological polar surface area (TPSA) is 73.2 Å². The highest BCUT2D eigenvalue weighted by Crippen LogP contribution is 2.20. The fourth-order valence-corrected chi connectivity index (χ4v) is 3.56. The molecule has 27 heavy (non-hydrogen) atoms. The number of anilines is 1. The van der Waals surface area contributed by atoms with Gasteiger partial charge in [0.05, 0.1) is 23.6 Å². The summed E-state index contributed by atoms with van der Waals surface area (Å²) in [5, 5.41) is 3.30. The lowest BCUT2D eigenvalue weighted by Gasteiger charge is -2.17. The Morgan fingerprint density at radius 2 is 2.07 bits per heavy atom. The average Bonchev–Trinajstić information content (AvgIpc) is 3.18. The van der Waals surface area contributed by atoms with E-state index in [9.17, 15) is 9.59 Å². The third-order valence-electron chi connectivity index (χ3n) is 4.59. The molecule has 1 aliphatic rings. The molecule has 0 radical (unpaired) electrons. The van der Waals surface area contributed by atoms with Gasteiger partial charge >= 0.3 is 0 Å². The number of ether oxygens (including phenoxy) is 1. The Kier molecular flexibility index (Phi) is 5.05. The monoisotopic (exact) mass is 427 g/mol. The minimum absolute atomic E-state index is 0.0511. The molecule has 0 bridgehead atoms. The Labute approximate surface area is 164 Å². The normalized spacial score (nSPS) is 16.6. The zero-order chi connectivity index (χ0) is 18.8. The van der Waals surface area contributed by atoms with Crippen LogP contribution >= 0.6 is 15.9 Å². The zero-order valence-corrected chi connectivity index (χ0v) is 16.1. The Morgan fingerprint density at radius 3 is 2.81 bits per heavy atom. The molecule has 4 rings (SSSR count). The molecule has 1 saturated heterocycles. The number of rotatable bonds is 4. The number of fused-ring (bicyclic) bond motifs is 1. The van der Waals surface area contributed by atoms with Crippen molar-refractivity contribution in [3.63, 3.8) is 0 Å². The summed E-state index contributed by atoms with van der Waals surface area (Å²) in [5.41, 5.74) is 0.845. The number of amides is 1. The first-order valence-electron chi connectivity index (χ1n) is 8.80. The van der Waals surface area contributed by atoms with Gasteiger partial charge in [0, 0.05) is 16.6 Å². The number of halogens is 1. The molecule has 1 unspecified atom stereocenters. The molecule has 1 aliphatic heterocycles. The summed E-state index contributed by atoms with van der Waals surface area (Å²) >= 11 is 3.40. The van der Waals surface area contributed by atoms with Gasteiger partial charge in [-0.15, -0.1) is 0 Å². The van der Waals surface area contributed by atoms with Crippen molar-refractivity contribution in [3.05, 3.63) is 68.9 Å². The maximum atomic E-state index is 13.1. The van der Waals surface area contributed by atoms with E-state index in [4.69, 9.17) is 4.74 Å². The van der Waals surface area contributed by atoms with E-state index in [1.165, 1.54) is 4.57 Å². The van der Waals surface area contributed by atoms with E-state index < -0.39 is 0 Å². The summed E-state index contributed by atoms with van der Waals surface area (Å²) in [6.07, 6.45) is 1.81. The van der Waals surface area contributed by atoms with Crippen LogP contribution in [0.25, 0.3) is 10.9 Å². The Bertz CT molecular complexity index is 1040. The van der Waals surface area contributed by atoms with E-state index in [0.29, 0.717) is 29.6 Å².